The third-order valence-corrected chi connectivity index (χ3v) is 3.19. The average Bonchev–Trinajstić information content (AvgIpc) is 2.46. The van der Waals surface area contributed by atoms with Gasteiger partial charge in [-0.15, -0.1) is 0 Å². The molecule has 0 aromatic heterocycles. The lowest BCUT2D eigenvalue weighted by atomic mass is 10.1. The molecule has 0 unspecified atom stereocenters. The van der Waals surface area contributed by atoms with Crippen LogP contribution in [0.15, 0.2) is 36.4 Å². The number of anilines is 1. The van der Waals surface area contributed by atoms with Crippen LogP contribution in [0, 0.1) is 31.9 Å². The van der Waals surface area contributed by atoms with E-state index in [0.29, 0.717) is 6.07 Å². The number of halogens is 2. The third kappa shape index (κ3) is 3.57. The van der Waals surface area contributed by atoms with Crippen molar-refractivity contribution in [1.82, 2.24) is 0 Å². The first-order valence-electron chi connectivity index (χ1n) is 6.44. The summed E-state index contributed by atoms with van der Waals surface area (Å²) in [5.41, 5.74) is -0.827. The maximum absolute atomic E-state index is 13.7. The highest BCUT2D eigenvalue weighted by molar-refractivity contribution is 5.66. The van der Waals surface area contributed by atoms with Crippen molar-refractivity contribution in [2.75, 3.05) is 5.32 Å². The highest BCUT2D eigenvalue weighted by Gasteiger charge is 2.21. The molecule has 0 aliphatic carbocycles. The molecule has 0 amide bonds. The van der Waals surface area contributed by atoms with E-state index in [1.54, 1.807) is 0 Å². The number of nitrogens with one attached hydrogen (secondary N) is 1. The molecular formula is C14H11F2N3O4. The van der Waals surface area contributed by atoms with Crippen LogP contribution >= 0.6 is 0 Å². The van der Waals surface area contributed by atoms with Crippen LogP contribution in [-0.2, 0) is 0 Å². The largest absolute Gasteiger partial charge is 0.373 e. The number of non-ortho nitro benzene ring substituents is 1. The van der Waals surface area contributed by atoms with E-state index in [9.17, 15) is 29.0 Å². The summed E-state index contributed by atoms with van der Waals surface area (Å²) in [7, 11) is 0. The van der Waals surface area contributed by atoms with Gasteiger partial charge in [-0.2, -0.15) is 0 Å². The average molecular weight is 323 g/mol. The van der Waals surface area contributed by atoms with Crippen LogP contribution in [0.4, 0.5) is 25.8 Å². The Bertz CT molecular complexity index is 783. The molecule has 0 aliphatic heterocycles. The van der Waals surface area contributed by atoms with Crippen molar-refractivity contribution in [3.05, 3.63) is 73.8 Å². The Kier molecular flexibility index (Phi) is 4.49. The molecule has 0 aliphatic rings. The van der Waals surface area contributed by atoms with Gasteiger partial charge in [0.25, 0.3) is 11.4 Å². The molecule has 0 saturated heterocycles. The summed E-state index contributed by atoms with van der Waals surface area (Å²) in [4.78, 5) is 20.2. The van der Waals surface area contributed by atoms with Crippen LogP contribution in [0.25, 0.3) is 0 Å². The van der Waals surface area contributed by atoms with E-state index in [-0.39, 0.29) is 11.3 Å². The maximum Gasteiger partial charge on any atom is 0.299 e. The molecule has 1 N–H and O–H groups in total. The van der Waals surface area contributed by atoms with E-state index in [4.69, 9.17) is 0 Å². The summed E-state index contributed by atoms with van der Waals surface area (Å²) < 4.78 is 26.6. The number of benzene rings is 2. The molecule has 7 nitrogen and oxygen atoms in total. The monoisotopic (exact) mass is 323 g/mol. The Morgan fingerprint density at radius 2 is 1.74 bits per heavy atom. The Balaban J connectivity index is 2.35. The fourth-order valence-electron chi connectivity index (χ4n) is 2.07. The van der Waals surface area contributed by atoms with Gasteiger partial charge >= 0.3 is 0 Å². The first-order chi connectivity index (χ1) is 10.8. The molecule has 2 aromatic carbocycles. The molecule has 0 heterocycles. The smallest absolute Gasteiger partial charge is 0.299 e. The summed E-state index contributed by atoms with van der Waals surface area (Å²) in [6, 6.07) is 5.38. The lowest BCUT2D eigenvalue weighted by molar-refractivity contribution is -0.393. The number of rotatable bonds is 5. The highest BCUT2D eigenvalue weighted by Crippen LogP contribution is 2.32. The molecular weight excluding hydrogens is 312 g/mol. The summed E-state index contributed by atoms with van der Waals surface area (Å²) in [6.07, 6.45) is 0. The van der Waals surface area contributed by atoms with Gasteiger partial charge in [-0.3, -0.25) is 20.2 Å². The Labute approximate surface area is 128 Å². The van der Waals surface area contributed by atoms with Crippen molar-refractivity contribution in [3.63, 3.8) is 0 Å². The van der Waals surface area contributed by atoms with E-state index in [0.717, 1.165) is 18.2 Å². The fraction of sp³-hybridized carbons (Fsp3) is 0.143. The second-order valence-corrected chi connectivity index (χ2v) is 4.75. The standard InChI is InChI=1S/C14H11F2N3O4/c1-8(11-4-2-9(15)6-12(11)16)17-13-5-3-10(18(20)21)7-14(13)19(22)23/h2-8,17H,1H3/t8-/m1/s1. The summed E-state index contributed by atoms with van der Waals surface area (Å²) in [5.74, 6) is -1.53. The zero-order chi connectivity index (χ0) is 17.1. The summed E-state index contributed by atoms with van der Waals surface area (Å²) in [5, 5.41) is 24.4. The Hall–Kier alpha value is -3.10. The van der Waals surface area contributed by atoms with Gasteiger partial charge in [0.15, 0.2) is 0 Å². The first-order valence-corrected chi connectivity index (χ1v) is 6.44. The van der Waals surface area contributed by atoms with Crippen LogP contribution in [0.5, 0.6) is 0 Å². The number of hydrogen-bond donors (Lipinski definition) is 1. The predicted molar refractivity (Wildman–Crippen MR) is 78.1 cm³/mol. The molecule has 120 valence electrons. The van der Waals surface area contributed by atoms with Crippen LogP contribution in [0.3, 0.4) is 0 Å². The van der Waals surface area contributed by atoms with Crippen molar-refractivity contribution < 1.29 is 18.6 Å². The lowest BCUT2D eigenvalue weighted by Gasteiger charge is -2.16. The molecule has 0 fully saturated rings. The highest BCUT2D eigenvalue weighted by atomic mass is 19.1. The summed E-state index contributed by atoms with van der Waals surface area (Å²) >= 11 is 0. The van der Waals surface area contributed by atoms with E-state index in [1.165, 1.54) is 19.1 Å². The minimum Gasteiger partial charge on any atom is -0.373 e. The molecule has 2 rings (SSSR count). The van der Waals surface area contributed by atoms with Crippen LogP contribution in [0.1, 0.15) is 18.5 Å². The molecule has 2 aromatic rings. The first kappa shape index (κ1) is 16.3. The molecule has 1 atom stereocenters. The van der Waals surface area contributed by atoms with Gasteiger partial charge < -0.3 is 5.32 Å². The number of nitrogens with zero attached hydrogens (tertiary/aromatic N) is 2. The second kappa shape index (κ2) is 6.34. The van der Waals surface area contributed by atoms with Crippen LogP contribution < -0.4 is 5.32 Å². The second-order valence-electron chi connectivity index (χ2n) is 4.75. The van der Waals surface area contributed by atoms with Gasteiger partial charge in [-0.25, -0.2) is 8.78 Å². The quantitative estimate of drug-likeness (QED) is 0.663. The molecule has 0 saturated carbocycles. The van der Waals surface area contributed by atoms with E-state index < -0.39 is 38.9 Å². The topological polar surface area (TPSA) is 98.3 Å². The minimum atomic E-state index is -0.797. The molecule has 0 spiro atoms. The molecule has 9 heteroatoms. The fourth-order valence-corrected chi connectivity index (χ4v) is 2.07. The third-order valence-electron chi connectivity index (χ3n) is 3.19. The van der Waals surface area contributed by atoms with Gasteiger partial charge in [-0.05, 0) is 19.1 Å². The van der Waals surface area contributed by atoms with Gasteiger partial charge in [0, 0.05) is 17.7 Å². The van der Waals surface area contributed by atoms with Crippen molar-refractivity contribution >= 4 is 17.1 Å². The Morgan fingerprint density at radius 1 is 1.04 bits per heavy atom. The zero-order valence-corrected chi connectivity index (χ0v) is 11.8. The maximum atomic E-state index is 13.7. The lowest BCUT2D eigenvalue weighted by Crippen LogP contribution is -2.10. The van der Waals surface area contributed by atoms with Crippen molar-refractivity contribution in [2.45, 2.75) is 13.0 Å². The molecule has 23 heavy (non-hydrogen) atoms. The van der Waals surface area contributed by atoms with Gasteiger partial charge in [0.05, 0.1) is 22.0 Å². The molecule has 0 radical (unpaired) electrons. The van der Waals surface area contributed by atoms with E-state index in [2.05, 4.69) is 5.32 Å². The predicted octanol–water partition coefficient (Wildman–Crippen LogP) is 3.95. The molecule has 0 bridgehead atoms. The van der Waals surface area contributed by atoms with Crippen molar-refractivity contribution in [2.24, 2.45) is 0 Å². The van der Waals surface area contributed by atoms with Crippen LogP contribution in [-0.4, -0.2) is 9.85 Å². The minimum absolute atomic E-state index is 0.00294. The normalized spacial score (nSPS) is 11.8. The van der Waals surface area contributed by atoms with Crippen molar-refractivity contribution in [3.8, 4) is 0 Å². The summed E-state index contributed by atoms with van der Waals surface area (Å²) in [6.45, 7) is 1.53. The van der Waals surface area contributed by atoms with Gasteiger partial charge in [-0.1, -0.05) is 6.07 Å². The number of nitro benzene ring substituents is 2. The Morgan fingerprint density at radius 3 is 2.30 bits per heavy atom. The number of hydrogen-bond acceptors (Lipinski definition) is 5. The zero-order valence-electron chi connectivity index (χ0n) is 11.8. The van der Waals surface area contributed by atoms with Crippen LogP contribution in [0.2, 0.25) is 0 Å². The SMILES string of the molecule is C[C@@H](Nc1ccc([N+](=O)[O-])cc1[N+](=O)[O-])c1ccc(F)cc1F. The van der Waals surface area contributed by atoms with E-state index >= 15 is 0 Å². The van der Waals surface area contributed by atoms with Crippen molar-refractivity contribution in [1.29, 1.82) is 0 Å². The van der Waals surface area contributed by atoms with Gasteiger partial charge in [0.2, 0.25) is 0 Å². The van der Waals surface area contributed by atoms with E-state index in [1.807, 2.05) is 0 Å². The number of nitro groups is 2. The van der Waals surface area contributed by atoms with Gasteiger partial charge in [0.1, 0.15) is 17.3 Å².